The van der Waals surface area contributed by atoms with Crippen LogP contribution in [0.15, 0.2) is 41.3 Å². The molecule has 0 saturated carbocycles. The van der Waals surface area contributed by atoms with Crippen LogP contribution in [-0.4, -0.2) is 15.0 Å². The highest BCUT2D eigenvalue weighted by Crippen LogP contribution is 2.45. The van der Waals surface area contributed by atoms with Gasteiger partial charge in [0.05, 0.1) is 17.1 Å². The van der Waals surface area contributed by atoms with Gasteiger partial charge < -0.3 is 4.74 Å². The highest BCUT2D eigenvalue weighted by molar-refractivity contribution is 7.91. The van der Waals surface area contributed by atoms with Crippen molar-refractivity contribution in [3.63, 3.8) is 0 Å². The summed E-state index contributed by atoms with van der Waals surface area (Å²) in [4.78, 5) is 0.00950. The van der Waals surface area contributed by atoms with E-state index in [4.69, 9.17) is 16.3 Å². The average molecular weight is 359 g/mol. The minimum absolute atomic E-state index is 0.00907. The van der Waals surface area contributed by atoms with E-state index in [2.05, 4.69) is 0 Å². The summed E-state index contributed by atoms with van der Waals surface area (Å²) in [7, 11) is -3.93. The number of fused-ring (bicyclic) bond motifs is 1. The molecular formula is C16H13ClF2O3S. The highest BCUT2D eigenvalue weighted by atomic mass is 35.5. The predicted octanol–water partition coefficient (Wildman–Crippen LogP) is 4.16. The summed E-state index contributed by atoms with van der Waals surface area (Å²) in [5.74, 6) is -2.43. The van der Waals surface area contributed by atoms with Crippen molar-refractivity contribution in [3.05, 3.63) is 58.6 Å². The Labute approximate surface area is 137 Å². The third-order valence-electron chi connectivity index (χ3n) is 3.86. The molecule has 0 bridgehead atoms. The number of hydrogen-bond acceptors (Lipinski definition) is 3. The molecule has 23 heavy (non-hydrogen) atoms. The van der Waals surface area contributed by atoms with E-state index in [0.717, 1.165) is 12.1 Å². The van der Waals surface area contributed by atoms with E-state index in [1.165, 1.54) is 24.3 Å². The minimum Gasteiger partial charge on any atom is -0.490 e. The van der Waals surface area contributed by atoms with Crippen molar-refractivity contribution in [1.29, 1.82) is 0 Å². The summed E-state index contributed by atoms with van der Waals surface area (Å²) in [5.41, 5.74) is -0.251. The van der Waals surface area contributed by atoms with Crippen molar-refractivity contribution < 1.29 is 21.9 Å². The Morgan fingerprint density at radius 3 is 2.35 bits per heavy atom. The second-order valence-corrected chi connectivity index (χ2v) is 7.99. The van der Waals surface area contributed by atoms with Gasteiger partial charge in [0.2, 0.25) is 0 Å². The zero-order valence-electron chi connectivity index (χ0n) is 12.1. The molecule has 0 aliphatic carbocycles. The fraction of sp³-hybridized carbons (Fsp3) is 0.250. The Balaban J connectivity index is 2.20. The average Bonchev–Trinajstić information content (AvgIpc) is 2.51. The molecule has 0 N–H and O–H groups in total. The first-order valence-corrected chi connectivity index (χ1v) is 8.85. The number of halogens is 3. The molecule has 0 amide bonds. The van der Waals surface area contributed by atoms with Gasteiger partial charge in [-0.3, -0.25) is 0 Å². The van der Waals surface area contributed by atoms with Crippen LogP contribution in [0, 0.1) is 17.6 Å². The lowest BCUT2D eigenvalue weighted by atomic mass is 9.97. The van der Waals surface area contributed by atoms with Crippen LogP contribution in [0.5, 0.6) is 5.75 Å². The molecular weight excluding hydrogens is 346 g/mol. The second kappa shape index (κ2) is 5.76. The summed E-state index contributed by atoms with van der Waals surface area (Å²) < 4.78 is 59.3. The van der Waals surface area contributed by atoms with Crippen molar-refractivity contribution in [3.8, 4) is 5.75 Å². The molecule has 0 fully saturated rings. The normalized spacial score (nSPS) is 20.7. The van der Waals surface area contributed by atoms with Crippen LogP contribution < -0.4 is 4.74 Å². The van der Waals surface area contributed by atoms with E-state index < -0.39 is 32.6 Å². The maximum atomic E-state index is 14.3. The van der Waals surface area contributed by atoms with Crippen molar-refractivity contribution in [2.75, 3.05) is 6.61 Å². The summed E-state index contributed by atoms with van der Waals surface area (Å²) in [6.07, 6.45) is 0. The van der Waals surface area contributed by atoms with Gasteiger partial charge in [0.25, 0.3) is 0 Å². The number of ether oxygens (including phenoxy) is 1. The largest absolute Gasteiger partial charge is 0.490 e. The van der Waals surface area contributed by atoms with Crippen molar-refractivity contribution in [1.82, 2.24) is 0 Å². The lowest BCUT2D eigenvalue weighted by Crippen LogP contribution is -2.31. The molecule has 0 unspecified atom stereocenters. The van der Waals surface area contributed by atoms with Gasteiger partial charge in [-0.1, -0.05) is 18.5 Å². The van der Waals surface area contributed by atoms with Crippen molar-refractivity contribution >= 4 is 21.4 Å². The Morgan fingerprint density at radius 1 is 1.09 bits per heavy atom. The smallest absolute Gasteiger partial charge is 0.186 e. The Kier molecular flexibility index (Phi) is 4.06. The van der Waals surface area contributed by atoms with E-state index in [0.29, 0.717) is 5.02 Å². The van der Waals surface area contributed by atoms with Gasteiger partial charge in [-0.05, 0) is 36.4 Å². The number of hydrogen-bond donors (Lipinski definition) is 0. The molecule has 3 nitrogen and oxygen atoms in total. The monoisotopic (exact) mass is 358 g/mol. The summed E-state index contributed by atoms with van der Waals surface area (Å²) in [6.45, 7) is 1.62. The molecule has 0 aromatic heterocycles. The third kappa shape index (κ3) is 2.70. The Morgan fingerprint density at radius 2 is 1.70 bits per heavy atom. The van der Waals surface area contributed by atoms with Crippen molar-refractivity contribution in [2.24, 2.45) is 5.92 Å². The zero-order valence-corrected chi connectivity index (χ0v) is 13.7. The van der Waals surface area contributed by atoms with Crippen LogP contribution in [0.25, 0.3) is 0 Å². The quantitative estimate of drug-likeness (QED) is 0.809. The maximum absolute atomic E-state index is 14.3. The van der Waals surface area contributed by atoms with Crippen LogP contribution in [0.3, 0.4) is 0 Å². The number of sulfone groups is 1. The first-order valence-electron chi connectivity index (χ1n) is 6.92. The second-order valence-electron chi connectivity index (χ2n) is 5.48. The first-order chi connectivity index (χ1) is 10.8. The van der Waals surface area contributed by atoms with Gasteiger partial charge in [-0.15, -0.1) is 0 Å². The molecule has 2 aromatic carbocycles. The minimum atomic E-state index is -3.93. The summed E-state index contributed by atoms with van der Waals surface area (Å²) in [6, 6.07) is 7.45. The molecule has 0 spiro atoms. The third-order valence-corrected chi connectivity index (χ3v) is 6.41. The van der Waals surface area contributed by atoms with Gasteiger partial charge in [0, 0.05) is 10.9 Å². The van der Waals surface area contributed by atoms with E-state index in [-0.39, 0.29) is 22.8 Å². The van der Waals surface area contributed by atoms with Crippen LogP contribution in [0.4, 0.5) is 8.78 Å². The molecule has 1 aliphatic heterocycles. The molecule has 3 rings (SSSR count). The molecule has 2 aromatic rings. The van der Waals surface area contributed by atoms with Crippen LogP contribution in [0.2, 0.25) is 5.02 Å². The van der Waals surface area contributed by atoms with Gasteiger partial charge >= 0.3 is 0 Å². The van der Waals surface area contributed by atoms with Gasteiger partial charge in [0.15, 0.2) is 21.4 Å². The maximum Gasteiger partial charge on any atom is 0.186 e. The SMILES string of the molecule is C[C@H]1COc2c(F)ccc(F)c2[C@@H]1S(=O)(=O)c1ccc(Cl)cc1. The van der Waals surface area contributed by atoms with E-state index in [1.807, 2.05) is 0 Å². The molecule has 0 radical (unpaired) electrons. The van der Waals surface area contributed by atoms with Crippen LogP contribution in [-0.2, 0) is 9.84 Å². The van der Waals surface area contributed by atoms with Crippen LogP contribution in [0.1, 0.15) is 17.7 Å². The molecule has 1 aliphatic rings. The van der Waals surface area contributed by atoms with Crippen molar-refractivity contribution in [2.45, 2.75) is 17.1 Å². The van der Waals surface area contributed by atoms with E-state index in [1.54, 1.807) is 6.92 Å². The van der Waals surface area contributed by atoms with Gasteiger partial charge in [-0.25, -0.2) is 17.2 Å². The van der Waals surface area contributed by atoms with Gasteiger partial charge in [-0.2, -0.15) is 0 Å². The molecule has 7 heteroatoms. The standard InChI is InChI=1S/C16H13ClF2O3S/c1-9-8-22-15-13(19)7-6-12(18)14(15)16(9)23(20,21)11-4-2-10(17)3-5-11/h2-7,9,16H,8H2,1H3/t9-,16+/m0/s1. The Bertz CT molecular complexity index is 850. The molecule has 1 heterocycles. The van der Waals surface area contributed by atoms with Gasteiger partial charge in [0.1, 0.15) is 11.1 Å². The number of rotatable bonds is 2. The summed E-state index contributed by atoms with van der Waals surface area (Å²) in [5, 5.41) is -0.829. The fourth-order valence-corrected chi connectivity index (χ4v) is 4.93. The Hall–Kier alpha value is -1.66. The fourth-order valence-electron chi connectivity index (χ4n) is 2.78. The van der Waals surface area contributed by atoms with E-state index in [9.17, 15) is 17.2 Å². The zero-order chi connectivity index (χ0) is 16.8. The topological polar surface area (TPSA) is 43.4 Å². The lowest BCUT2D eigenvalue weighted by molar-refractivity contribution is 0.213. The van der Waals surface area contributed by atoms with E-state index >= 15 is 0 Å². The number of benzene rings is 2. The predicted molar refractivity (Wildman–Crippen MR) is 82.4 cm³/mol. The summed E-state index contributed by atoms with van der Waals surface area (Å²) >= 11 is 5.78. The van der Waals surface area contributed by atoms with Crippen LogP contribution >= 0.6 is 11.6 Å². The lowest BCUT2D eigenvalue weighted by Gasteiger charge is -2.31. The first kappa shape index (κ1) is 16.2. The molecule has 2 atom stereocenters. The molecule has 122 valence electrons. The highest BCUT2D eigenvalue weighted by Gasteiger charge is 2.42. The molecule has 0 saturated heterocycles.